The van der Waals surface area contributed by atoms with Crippen molar-refractivity contribution in [1.29, 1.82) is 0 Å². The van der Waals surface area contributed by atoms with Crippen LogP contribution in [-0.4, -0.2) is 49.9 Å². The lowest BCUT2D eigenvalue weighted by atomic mass is 10.1. The van der Waals surface area contributed by atoms with Gasteiger partial charge in [0.1, 0.15) is 6.10 Å². The SMILES string of the molecule is CC/C=C\C/C=C\C/C=C\C/C=C\C/C=C\C/C=C\CCCCCCCOCC(COP(=O)(O)OCCN)OC(=O)CCCCCCC/C=C\CCCCCC. The maximum atomic E-state index is 12.6. The molecular formula is C47H82NO7P. The maximum absolute atomic E-state index is 12.6. The molecule has 0 rings (SSSR count). The van der Waals surface area contributed by atoms with Crippen molar-refractivity contribution >= 4 is 13.8 Å². The highest BCUT2D eigenvalue weighted by molar-refractivity contribution is 7.47. The van der Waals surface area contributed by atoms with Crippen molar-refractivity contribution in [2.24, 2.45) is 5.73 Å². The fourth-order valence-electron chi connectivity index (χ4n) is 5.58. The summed E-state index contributed by atoms with van der Waals surface area (Å²) in [7, 11) is -4.29. The Hall–Kier alpha value is -2.32. The van der Waals surface area contributed by atoms with Crippen LogP contribution in [0.25, 0.3) is 0 Å². The summed E-state index contributed by atoms with van der Waals surface area (Å²) in [6, 6.07) is 0. The Morgan fingerprint density at radius 3 is 1.52 bits per heavy atom. The second-order valence-electron chi connectivity index (χ2n) is 14.2. The van der Waals surface area contributed by atoms with Crippen LogP contribution in [-0.2, 0) is 27.9 Å². The lowest BCUT2D eigenvalue weighted by Crippen LogP contribution is -2.28. The molecule has 0 saturated carbocycles. The van der Waals surface area contributed by atoms with Gasteiger partial charge in [-0.1, -0.05) is 157 Å². The van der Waals surface area contributed by atoms with E-state index in [2.05, 4.69) is 98.9 Å². The summed E-state index contributed by atoms with van der Waals surface area (Å²) in [6.07, 6.45) is 56.0. The second kappa shape index (κ2) is 43.8. The number of unbranched alkanes of at least 4 members (excludes halogenated alkanes) is 14. The molecule has 0 radical (unpaired) electrons. The van der Waals surface area contributed by atoms with Crippen molar-refractivity contribution in [2.45, 2.75) is 174 Å². The van der Waals surface area contributed by atoms with Crippen LogP contribution in [0, 0.1) is 0 Å². The predicted octanol–water partition coefficient (Wildman–Crippen LogP) is 13.3. The van der Waals surface area contributed by atoms with Crippen molar-refractivity contribution < 1.29 is 32.8 Å². The minimum absolute atomic E-state index is 0.0910. The van der Waals surface area contributed by atoms with Crippen LogP contribution in [0.2, 0.25) is 0 Å². The van der Waals surface area contributed by atoms with Gasteiger partial charge in [0, 0.05) is 19.6 Å². The third-order valence-electron chi connectivity index (χ3n) is 8.80. The van der Waals surface area contributed by atoms with Gasteiger partial charge in [-0.25, -0.2) is 4.57 Å². The number of hydrogen-bond acceptors (Lipinski definition) is 7. The van der Waals surface area contributed by atoms with E-state index in [-0.39, 0.29) is 32.3 Å². The zero-order valence-electron chi connectivity index (χ0n) is 35.6. The summed E-state index contributed by atoms with van der Waals surface area (Å²) >= 11 is 0. The highest BCUT2D eigenvalue weighted by atomic mass is 31.2. The minimum Gasteiger partial charge on any atom is -0.457 e. The van der Waals surface area contributed by atoms with Gasteiger partial charge in [-0.05, 0) is 89.9 Å². The van der Waals surface area contributed by atoms with Gasteiger partial charge in [0.15, 0.2) is 0 Å². The van der Waals surface area contributed by atoms with Crippen LogP contribution in [0.15, 0.2) is 85.1 Å². The zero-order valence-corrected chi connectivity index (χ0v) is 36.5. The highest BCUT2D eigenvalue weighted by Crippen LogP contribution is 2.43. The average molecular weight is 804 g/mol. The molecule has 0 aromatic carbocycles. The number of ether oxygens (including phenoxy) is 2. The van der Waals surface area contributed by atoms with E-state index in [9.17, 15) is 14.3 Å². The smallest absolute Gasteiger partial charge is 0.457 e. The quantitative estimate of drug-likeness (QED) is 0.0272. The molecule has 0 spiro atoms. The molecule has 0 aromatic rings. The normalized spacial score (nSPS) is 14.3. The number of carbonyl (C=O) groups is 1. The minimum atomic E-state index is -4.29. The number of phosphoric ester groups is 1. The van der Waals surface area contributed by atoms with E-state index < -0.39 is 13.9 Å². The van der Waals surface area contributed by atoms with E-state index in [1.54, 1.807) is 0 Å². The zero-order chi connectivity index (χ0) is 40.9. The maximum Gasteiger partial charge on any atom is 0.472 e. The molecule has 0 saturated heterocycles. The molecule has 8 nitrogen and oxygen atoms in total. The Balaban J connectivity index is 4.08. The Bertz CT molecular complexity index is 1130. The standard InChI is InChI=1S/C47H82NO7P/c1-3-5-7-9-11-13-15-17-18-19-20-21-22-23-24-25-26-27-29-31-33-35-37-39-42-52-44-46(45-54-56(50,51)53-43-41-48)55-47(49)40-38-36-34-32-30-28-16-14-12-10-8-6-4-2/h5,7,11,13-14,16-18,20-21,23-24,26-27,46H,3-4,6,8-10,12,15,19,22,25,28-45,48H2,1-2H3,(H,50,51)/b7-5-,13-11-,16-14-,18-17-,21-20-,24-23-,27-26-. The Labute approximate surface area is 343 Å². The third kappa shape index (κ3) is 42.8. The van der Waals surface area contributed by atoms with Crippen molar-refractivity contribution in [1.82, 2.24) is 0 Å². The number of allylic oxidation sites excluding steroid dienone is 14. The Morgan fingerprint density at radius 1 is 0.554 bits per heavy atom. The highest BCUT2D eigenvalue weighted by Gasteiger charge is 2.25. The Morgan fingerprint density at radius 2 is 1.00 bits per heavy atom. The lowest BCUT2D eigenvalue weighted by Gasteiger charge is -2.20. The molecule has 2 unspecified atom stereocenters. The first-order valence-electron chi connectivity index (χ1n) is 22.1. The number of rotatable bonds is 41. The second-order valence-corrected chi connectivity index (χ2v) is 15.6. The van der Waals surface area contributed by atoms with E-state index in [0.717, 1.165) is 96.3 Å². The molecular weight excluding hydrogens is 721 g/mol. The number of esters is 1. The number of nitrogens with two attached hydrogens (primary N) is 1. The molecule has 9 heteroatoms. The van der Waals surface area contributed by atoms with Gasteiger partial charge in [-0.3, -0.25) is 13.8 Å². The van der Waals surface area contributed by atoms with Gasteiger partial charge in [-0.15, -0.1) is 0 Å². The summed E-state index contributed by atoms with van der Waals surface area (Å²) in [5.74, 6) is -0.351. The Kier molecular flexibility index (Phi) is 42.0. The molecule has 322 valence electrons. The topological polar surface area (TPSA) is 117 Å². The van der Waals surface area contributed by atoms with Crippen molar-refractivity contribution in [3.63, 3.8) is 0 Å². The average Bonchev–Trinajstić information content (AvgIpc) is 3.19. The predicted molar refractivity (Wildman–Crippen MR) is 238 cm³/mol. The van der Waals surface area contributed by atoms with Gasteiger partial charge < -0.3 is 20.1 Å². The summed E-state index contributed by atoms with van der Waals surface area (Å²) in [4.78, 5) is 22.5. The third-order valence-corrected chi connectivity index (χ3v) is 9.78. The van der Waals surface area contributed by atoms with E-state index >= 15 is 0 Å². The van der Waals surface area contributed by atoms with E-state index in [1.807, 2.05) is 0 Å². The molecule has 0 aliphatic rings. The lowest BCUT2D eigenvalue weighted by molar-refractivity contribution is -0.154. The van der Waals surface area contributed by atoms with E-state index in [4.69, 9.17) is 24.3 Å². The summed E-state index contributed by atoms with van der Waals surface area (Å²) < 4.78 is 33.4. The number of phosphoric acid groups is 1. The van der Waals surface area contributed by atoms with Crippen LogP contribution in [0.4, 0.5) is 0 Å². The molecule has 3 N–H and O–H groups in total. The van der Waals surface area contributed by atoms with Crippen LogP contribution in [0.1, 0.15) is 168 Å². The van der Waals surface area contributed by atoms with Crippen LogP contribution >= 0.6 is 7.82 Å². The van der Waals surface area contributed by atoms with Gasteiger partial charge in [0.25, 0.3) is 0 Å². The monoisotopic (exact) mass is 804 g/mol. The van der Waals surface area contributed by atoms with Gasteiger partial charge in [0.2, 0.25) is 0 Å². The fraction of sp³-hybridized carbons (Fsp3) is 0.681. The first-order valence-corrected chi connectivity index (χ1v) is 23.6. The fourth-order valence-corrected chi connectivity index (χ4v) is 6.35. The summed E-state index contributed by atoms with van der Waals surface area (Å²) in [6.45, 7) is 4.71. The summed E-state index contributed by atoms with van der Waals surface area (Å²) in [5.41, 5.74) is 5.37. The molecule has 56 heavy (non-hydrogen) atoms. The molecule has 0 aliphatic carbocycles. The van der Waals surface area contributed by atoms with E-state index in [0.29, 0.717) is 13.0 Å². The molecule has 0 aliphatic heterocycles. The van der Waals surface area contributed by atoms with Gasteiger partial charge >= 0.3 is 13.8 Å². The molecule has 2 atom stereocenters. The molecule has 0 heterocycles. The largest absolute Gasteiger partial charge is 0.472 e. The van der Waals surface area contributed by atoms with Crippen molar-refractivity contribution in [2.75, 3.05) is 33.0 Å². The molecule has 0 bridgehead atoms. The summed E-state index contributed by atoms with van der Waals surface area (Å²) in [5, 5.41) is 0. The molecule has 0 amide bonds. The van der Waals surface area contributed by atoms with Gasteiger partial charge in [-0.2, -0.15) is 0 Å². The van der Waals surface area contributed by atoms with Crippen LogP contribution in [0.5, 0.6) is 0 Å². The van der Waals surface area contributed by atoms with Crippen LogP contribution < -0.4 is 5.73 Å². The first-order chi connectivity index (χ1) is 27.4. The van der Waals surface area contributed by atoms with Crippen molar-refractivity contribution in [3.8, 4) is 0 Å². The molecule has 0 fully saturated rings. The number of hydrogen-bond donors (Lipinski definition) is 2. The number of carbonyl (C=O) groups excluding carboxylic acids is 1. The van der Waals surface area contributed by atoms with Crippen LogP contribution in [0.3, 0.4) is 0 Å². The first kappa shape index (κ1) is 53.7. The van der Waals surface area contributed by atoms with Gasteiger partial charge in [0.05, 0.1) is 19.8 Å². The van der Waals surface area contributed by atoms with E-state index in [1.165, 1.54) is 51.4 Å². The van der Waals surface area contributed by atoms with Crippen molar-refractivity contribution in [3.05, 3.63) is 85.1 Å². The molecule has 0 aromatic heterocycles.